The van der Waals surface area contributed by atoms with Crippen LogP contribution in [0.2, 0.25) is 0 Å². The van der Waals surface area contributed by atoms with Gasteiger partial charge >= 0.3 is 11.9 Å². The second-order valence-electron chi connectivity index (χ2n) is 10.5. The third-order valence-corrected chi connectivity index (χ3v) is 6.74. The first kappa shape index (κ1) is 33.3. The summed E-state index contributed by atoms with van der Waals surface area (Å²) in [4.78, 5) is 84.6. The molecule has 4 amide bonds. The minimum absolute atomic E-state index is 0.0732. The Hall–Kier alpha value is -5.25. The number of H-pyrrole nitrogens is 2. The van der Waals surface area contributed by atoms with E-state index in [4.69, 9.17) is 10.8 Å². The zero-order valence-electron chi connectivity index (χ0n) is 24.1. The molecule has 3 aromatic rings. The molecule has 0 aliphatic carbocycles. The molecule has 16 heteroatoms. The fourth-order valence-electron chi connectivity index (χ4n) is 4.45. The quantitative estimate of drug-likeness (QED) is 0.0932. The van der Waals surface area contributed by atoms with Crippen LogP contribution in [0.3, 0.4) is 0 Å². The molecule has 0 aliphatic heterocycles. The van der Waals surface area contributed by atoms with E-state index in [1.165, 1.54) is 12.5 Å². The normalized spacial score (nSPS) is 13.8. The SMILES string of the molecule is CC(C)[C@H](NC(=O)[C@@H](N)Cc1cnc[nH]1)C(=O)N[C@@H](Cc1c[nH]c2ccccc12)C(=O)N[C@@H](CC(=O)O)C(=O)NCC(=O)O. The molecule has 0 radical (unpaired) electrons. The minimum Gasteiger partial charge on any atom is -0.481 e. The van der Waals surface area contributed by atoms with Crippen LogP contribution in [0.4, 0.5) is 0 Å². The maximum Gasteiger partial charge on any atom is 0.322 e. The number of hydrogen-bond acceptors (Lipinski definition) is 8. The molecule has 3 rings (SSSR count). The molecule has 0 aliphatic rings. The minimum atomic E-state index is -1.64. The summed E-state index contributed by atoms with van der Waals surface area (Å²) in [6, 6.07) is 2.15. The van der Waals surface area contributed by atoms with E-state index in [1.54, 1.807) is 26.1 Å². The number of carbonyl (C=O) groups is 6. The van der Waals surface area contributed by atoms with Crippen LogP contribution < -0.4 is 27.0 Å². The Morgan fingerprint density at radius 3 is 2.20 bits per heavy atom. The highest BCUT2D eigenvalue weighted by atomic mass is 16.4. The number of imidazole rings is 1. The summed E-state index contributed by atoms with van der Waals surface area (Å²) in [7, 11) is 0. The predicted octanol–water partition coefficient (Wildman–Crippen LogP) is -1.21. The number of benzene rings is 1. The van der Waals surface area contributed by atoms with Crippen LogP contribution in [0, 0.1) is 5.92 Å². The fraction of sp³-hybridized carbons (Fsp3) is 0.393. The molecule has 0 bridgehead atoms. The van der Waals surface area contributed by atoms with Crippen molar-refractivity contribution in [2.75, 3.05) is 6.54 Å². The van der Waals surface area contributed by atoms with E-state index in [0.717, 1.165) is 10.9 Å². The molecule has 16 nitrogen and oxygen atoms in total. The maximum absolute atomic E-state index is 13.5. The number of hydrogen-bond donors (Lipinski definition) is 9. The summed E-state index contributed by atoms with van der Waals surface area (Å²) in [6.45, 7) is 2.59. The number of carboxylic acids is 2. The molecule has 0 saturated heterocycles. The lowest BCUT2D eigenvalue weighted by Crippen LogP contribution is -2.59. The standard InChI is InChI=1S/C28H36N8O8/c1-14(2)24(36-25(41)18(29)8-16-11-30-13-33-16)28(44)35-20(7-15-10-31-19-6-4-3-5-17(15)19)27(43)34-21(9-22(37)38)26(42)32-12-23(39)40/h3-6,10-11,13-14,18,20-21,24,31H,7-9,12,29H2,1-2H3,(H,30,33)(H,32,42)(H,34,43)(H,35,44)(H,36,41)(H,37,38)(H,39,40)/t18-,20-,21-,24-/m0/s1. The molecule has 2 aromatic heterocycles. The number of aromatic nitrogens is 3. The number of carboxylic acid groups (broad SMARTS) is 2. The van der Waals surface area contributed by atoms with Crippen LogP contribution >= 0.6 is 0 Å². The van der Waals surface area contributed by atoms with Crippen molar-refractivity contribution in [1.82, 2.24) is 36.2 Å². The monoisotopic (exact) mass is 612 g/mol. The second kappa shape index (κ2) is 15.3. The second-order valence-corrected chi connectivity index (χ2v) is 10.5. The summed E-state index contributed by atoms with van der Waals surface area (Å²) >= 11 is 0. The topological polar surface area (TPSA) is 261 Å². The van der Waals surface area contributed by atoms with Gasteiger partial charge in [0.05, 0.1) is 18.8 Å². The average Bonchev–Trinajstić information content (AvgIpc) is 3.63. The lowest BCUT2D eigenvalue weighted by molar-refractivity contribution is -0.141. The van der Waals surface area contributed by atoms with E-state index in [9.17, 15) is 33.9 Å². The molecular weight excluding hydrogens is 576 g/mol. The summed E-state index contributed by atoms with van der Waals surface area (Å²) in [5, 5.41) is 28.6. The number of nitrogens with zero attached hydrogens (tertiary/aromatic N) is 1. The molecule has 236 valence electrons. The molecule has 0 fully saturated rings. The zero-order chi connectivity index (χ0) is 32.4. The Labute approximate surface area is 251 Å². The van der Waals surface area contributed by atoms with Gasteiger partial charge in [-0.3, -0.25) is 28.8 Å². The van der Waals surface area contributed by atoms with Crippen LogP contribution in [-0.2, 0) is 41.6 Å². The molecular formula is C28H36N8O8. The molecule has 4 atom stereocenters. The molecule has 0 unspecified atom stereocenters. The van der Waals surface area contributed by atoms with Crippen LogP contribution in [0.15, 0.2) is 43.0 Å². The van der Waals surface area contributed by atoms with Crippen LogP contribution in [-0.4, -0.2) is 91.4 Å². The van der Waals surface area contributed by atoms with Gasteiger partial charge in [-0.05, 0) is 17.5 Å². The van der Waals surface area contributed by atoms with Crippen molar-refractivity contribution in [3.05, 3.63) is 54.2 Å². The molecule has 44 heavy (non-hydrogen) atoms. The van der Waals surface area contributed by atoms with Gasteiger partial charge in [-0.2, -0.15) is 0 Å². The van der Waals surface area contributed by atoms with Crippen molar-refractivity contribution in [3.8, 4) is 0 Å². The highest BCUT2D eigenvalue weighted by Crippen LogP contribution is 2.19. The molecule has 10 N–H and O–H groups in total. The number of amides is 4. The lowest BCUT2D eigenvalue weighted by Gasteiger charge is -2.27. The largest absolute Gasteiger partial charge is 0.481 e. The molecule has 0 saturated carbocycles. The van der Waals surface area contributed by atoms with Gasteiger partial charge < -0.3 is 47.2 Å². The first-order chi connectivity index (χ1) is 20.8. The van der Waals surface area contributed by atoms with E-state index < -0.39 is 78.6 Å². The highest BCUT2D eigenvalue weighted by molar-refractivity contribution is 5.97. The Balaban J connectivity index is 1.83. The van der Waals surface area contributed by atoms with E-state index in [2.05, 4.69) is 30.9 Å². The number of fused-ring (bicyclic) bond motifs is 1. The molecule has 0 spiro atoms. The van der Waals surface area contributed by atoms with Gasteiger partial charge in [-0.25, -0.2) is 4.98 Å². The van der Waals surface area contributed by atoms with E-state index >= 15 is 0 Å². The first-order valence-electron chi connectivity index (χ1n) is 13.8. The predicted molar refractivity (Wildman–Crippen MR) is 156 cm³/mol. The smallest absolute Gasteiger partial charge is 0.322 e. The van der Waals surface area contributed by atoms with Crippen LogP contribution in [0.5, 0.6) is 0 Å². The van der Waals surface area contributed by atoms with Gasteiger partial charge in [0.2, 0.25) is 23.6 Å². The number of aromatic amines is 2. The Bertz CT molecular complexity index is 1490. The van der Waals surface area contributed by atoms with E-state index in [1.807, 2.05) is 23.5 Å². The zero-order valence-corrected chi connectivity index (χ0v) is 24.1. The van der Waals surface area contributed by atoms with Crippen molar-refractivity contribution in [2.45, 2.75) is 57.3 Å². The van der Waals surface area contributed by atoms with E-state index in [-0.39, 0.29) is 12.8 Å². The number of para-hydroxylation sites is 1. The number of nitrogens with two attached hydrogens (primary N) is 1. The first-order valence-corrected chi connectivity index (χ1v) is 13.8. The Kier molecular flexibility index (Phi) is 11.6. The van der Waals surface area contributed by atoms with Crippen molar-refractivity contribution in [1.29, 1.82) is 0 Å². The van der Waals surface area contributed by atoms with Crippen molar-refractivity contribution in [3.63, 3.8) is 0 Å². The van der Waals surface area contributed by atoms with Gasteiger partial charge in [0.25, 0.3) is 0 Å². The summed E-state index contributed by atoms with van der Waals surface area (Å²) < 4.78 is 0. The number of nitrogens with one attached hydrogen (secondary N) is 6. The summed E-state index contributed by atoms with van der Waals surface area (Å²) in [5.74, 6) is -6.48. The number of aliphatic carboxylic acids is 2. The van der Waals surface area contributed by atoms with Crippen LogP contribution in [0.25, 0.3) is 10.9 Å². The van der Waals surface area contributed by atoms with Crippen molar-refractivity contribution in [2.24, 2.45) is 11.7 Å². The Morgan fingerprint density at radius 1 is 0.864 bits per heavy atom. The van der Waals surface area contributed by atoms with Crippen molar-refractivity contribution >= 4 is 46.5 Å². The number of rotatable bonds is 16. The van der Waals surface area contributed by atoms with Crippen molar-refractivity contribution < 1.29 is 39.0 Å². The highest BCUT2D eigenvalue weighted by Gasteiger charge is 2.33. The molecule has 1 aromatic carbocycles. The third kappa shape index (κ3) is 9.38. The average molecular weight is 613 g/mol. The third-order valence-electron chi connectivity index (χ3n) is 6.74. The molecule has 2 heterocycles. The summed E-state index contributed by atoms with van der Waals surface area (Å²) in [6.07, 6.45) is 3.84. The van der Waals surface area contributed by atoms with Gasteiger partial charge in [-0.1, -0.05) is 32.0 Å². The van der Waals surface area contributed by atoms with Gasteiger partial charge in [0.1, 0.15) is 24.7 Å². The van der Waals surface area contributed by atoms with Gasteiger partial charge in [0, 0.05) is 41.8 Å². The maximum atomic E-state index is 13.5. The Morgan fingerprint density at radius 2 is 1.57 bits per heavy atom. The van der Waals surface area contributed by atoms with Gasteiger partial charge in [0.15, 0.2) is 0 Å². The lowest BCUT2D eigenvalue weighted by atomic mass is 9.99. The van der Waals surface area contributed by atoms with Crippen LogP contribution in [0.1, 0.15) is 31.5 Å². The van der Waals surface area contributed by atoms with E-state index in [0.29, 0.717) is 11.3 Å². The summed E-state index contributed by atoms with van der Waals surface area (Å²) in [5.41, 5.74) is 8.06. The fourth-order valence-corrected chi connectivity index (χ4v) is 4.45. The number of carbonyl (C=O) groups excluding carboxylic acids is 4. The van der Waals surface area contributed by atoms with Gasteiger partial charge in [-0.15, -0.1) is 0 Å².